The molecule has 0 aliphatic rings. The Balaban J connectivity index is 5.47. The summed E-state index contributed by atoms with van der Waals surface area (Å²) in [6.07, 6.45) is -25.3. The zero-order valence-electron chi connectivity index (χ0n) is 21.2. The molecule has 0 spiro atoms. The first kappa shape index (κ1) is 43.9. The third-order valence-electron chi connectivity index (χ3n) is 5.89. The number of allylic oxidation sites excluding steroid dienone is 2. The zero-order valence-corrected chi connectivity index (χ0v) is 21.2. The average Bonchev–Trinajstić information content (AvgIpc) is 2.83. The zero-order chi connectivity index (χ0) is 37.7. The maximum Gasteiger partial charge on any atom is 0.460 e. The molecule has 0 atom stereocenters. The SMILES string of the molecule is FC(F)(F)C(F)(F)C(F)(F)C(F)(F)C(F)(F)C(F)(F)CCC/C=C\CCCC(F)(F)C(F)(F)C(F)(F)C(F)(F)C(F)(F)C(F)(F)F. The molecule has 0 aliphatic carbocycles. The van der Waals surface area contributed by atoms with E-state index in [0.29, 0.717) is 12.2 Å². The quantitative estimate of drug-likeness (QED) is 0.0838. The van der Waals surface area contributed by atoms with Crippen LogP contribution in [0.25, 0.3) is 0 Å². The van der Waals surface area contributed by atoms with Crippen LogP contribution in [0.2, 0.25) is 0 Å². The molecule has 0 aromatic heterocycles. The van der Waals surface area contributed by atoms with Crippen LogP contribution in [0.3, 0.4) is 0 Å². The number of rotatable bonds is 16. The molecule has 46 heavy (non-hydrogen) atoms. The first-order chi connectivity index (χ1) is 19.7. The Labute approximate surface area is 237 Å². The van der Waals surface area contributed by atoms with Crippen LogP contribution in [0.5, 0.6) is 0 Å². The lowest BCUT2D eigenvalue weighted by atomic mass is 9.91. The third-order valence-corrected chi connectivity index (χ3v) is 5.89. The van der Waals surface area contributed by atoms with Crippen LogP contribution in [-0.4, -0.2) is 71.6 Å². The van der Waals surface area contributed by atoms with Crippen molar-refractivity contribution in [3.8, 4) is 0 Å². The van der Waals surface area contributed by atoms with Crippen LogP contribution in [0.4, 0.5) is 114 Å². The number of hydrogen-bond acceptors (Lipinski definition) is 0. The van der Waals surface area contributed by atoms with E-state index < -0.39 is 110 Å². The summed E-state index contributed by atoms with van der Waals surface area (Å²) < 4.78 is 338. The van der Waals surface area contributed by atoms with E-state index in [2.05, 4.69) is 0 Å². The van der Waals surface area contributed by atoms with Crippen molar-refractivity contribution in [1.82, 2.24) is 0 Å². The predicted molar refractivity (Wildman–Crippen MR) is 98.4 cm³/mol. The molecule has 26 heteroatoms. The summed E-state index contributed by atoms with van der Waals surface area (Å²) in [5, 5.41) is 0. The van der Waals surface area contributed by atoms with Crippen molar-refractivity contribution in [2.75, 3.05) is 0 Å². The molecule has 0 amide bonds. The Morgan fingerprint density at radius 1 is 0.261 bits per heavy atom. The standard InChI is InChI=1S/C20H14F26/c21-9(22,11(25,26)13(29,30)15(33,34)17(37,38)19(41,42)43)7-5-3-1-2-4-6-8-10(23,24)12(27,28)14(31,32)16(35,36)18(39,40)20(44,45)46/h1-2H,3-8H2/b2-1-. The van der Waals surface area contributed by atoms with Crippen molar-refractivity contribution >= 4 is 0 Å². The van der Waals surface area contributed by atoms with Gasteiger partial charge in [0, 0.05) is 12.8 Å². The number of hydrogen-bond donors (Lipinski definition) is 0. The molecule has 0 heterocycles. The van der Waals surface area contributed by atoms with Gasteiger partial charge in [0.25, 0.3) is 0 Å². The van der Waals surface area contributed by atoms with Crippen molar-refractivity contribution in [2.45, 2.75) is 110 Å². The topological polar surface area (TPSA) is 0 Å². The number of halogens is 26. The monoisotopic (exact) mass is 748 g/mol. The van der Waals surface area contributed by atoms with Gasteiger partial charge in [-0.15, -0.1) is 0 Å². The summed E-state index contributed by atoms with van der Waals surface area (Å²) in [5.74, 6) is -76.5. The largest absolute Gasteiger partial charge is 0.460 e. The Kier molecular flexibility index (Phi) is 11.9. The second-order valence-electron chi connectivity index (χ2n) is 9.26. The molecule has 0 saturated carbocycles. The Morgan fingerprint density at radius 3 is 0.652 bits per heavy atom. The van der Waals surface area contributed by atoms with Gasteiger partial charge in [0.2, 0.25) is 0 Å². The number of alkyl halides is 26. The minimum absolute atomic E-state index is 0.377. The molecular formula is C20H14F26. The van der Waals surface area contributed by atoms with Crippen molar-refractivity contribution in [1.29, 1.82) is 0 Å². The van der Waals surface area contributed by atoms with Gasteiger partial charge >= 0.3 is 71.6 Å². The highest BCUT2D eigenvalue weighted by Crippen LogP contribution is 2.62. The highest BCUT2D eigenvalue weighted by Gasteiger charge is 2.91. The van der Waals surface area contributed by atoms with Gasteiger partial charge < -0.3 is 0 Å². The van der Waals surface area contributed by atoms with Crippen molar-refractivity contribution in [3.05, 3.63) is 12.2 Å². The summed E-state index contributed by atoms with van der Waals surface area (Å²) >= 11 is 0. The van der Waals surface area contributed by atoms with Crippen LogP contribution in [0, 0.1) is 0 Å². The second kappa shape index (κ2) is 12.4. The summed E-state index contributed by atoms with van der Waals surface area (Å²) in [6.45, 7) is 0. The van der Waals surface area contributed by atoms with Gasteiger partial charge in [-0.3, -0.25) is 0 Å². The van der Waals surface area contributed by atoms with Crippen molar-refractivity contribution in [3.63, 3.8) is 0 Å². The first-order valence-corrected chi connectivity index (χ1v) is 11.3. The molecule has 0 aromatic carbocycles. The predicted octanol–water partition coefficient (Wildman–Crippen LogP) is 11.4. The van der Waals surface area contributed by atoms with Crippen molar-refractivity contribution in [2.24, 2.45) is 0 Å². The maximum absolute atomic E-state index is 13.6. The molecule has 0 bridgehead atoms. The van der Waals surface area contributed by atoms with Crippen LogP contribution in [0.1, 0.15) is 38.5 Å². The fourth-order valence-electron chi connectivity index (χ4n) is 3.04. The lowest BCUT2D eigenvalue weighted by Gasteiger charge is -2.39. The van der Waals surface area contributed by atoms with Crippen LogP contribution in [0.15, 0.2) is 12.2 Å². The smallest absolute Gasteiger partial charge is 0.200 e. The minimum Gasteiger partial charge on any atom is -0.200 e. The third kappa shape index (κ3) is 6.89. The molecule has 0 saturated heterocycles. The Morgan fingerprint density at radius 2 is 0.457 bits per heavy atom. The van der Waals surface area contributed by atoms with Gasteiger partial charge in [0.05, 0.1) is 0 Å². The molecular weight excluding hydrogens is 734 g/mol. The van der Waals surface area contributed by atoms with Crippen LogP contribution >= 0.6 is 0 Å². The molecule has 0 rings (SSSR count). The Bertz CT molecular complexity index is 959. The first-order valence-electron chi connectivity index (χ1n) is 11.3. The van der Waals surface area contributed by atoms with Gasteiger partial charge in [-0.25, -0.2) is 0 Å². The molecule has 276 valence electrons. The van der Waals surface area contributed by atoms with E-state index in [9.17, 15) is 114 Å². The van der Waals surface area contributed by atoms with Gasteiger partial charge in [0.15, 0.2) is 0 Å². The molecule has 0 aliphatic heterocycles. The summed E-state index contributed by atoms with van der Waals surface area (Å²) in [6, 6.07) is 0. The molecule has 0 fully saturated rings. The number of unbranched alkanes of at least 4 members (excludes halogenated alkanes) is 2. The van der Waals surface area contributed by atoms with Crippen molar-refractivity contribution < 1.29 is 114 Å². The maximum atomic E-state index is 13.6. The molecule has 0 aromatic rings. The average molecular weight is 748 g/mol. The normalized spacial score (nSPS) is 16.5. The van der Waals surface area contributed by atoms with E-state index in [1.54, 1.807) is 0 Å². The van der Waals surface area contributed by atoms with Gasteiger partial charge in [0.1, 0.15) is 0 Å². The van der Waals surface area contributed by atoms with Crippen LogP contribution in [-0.2, 0) is 0 Å². The molecule has 0 radical (unpaired) electrons. The van der Waals surface area contributed by atoms with Gasteiger partial charge in [-0.2, -0.15) is 114 Å². The highest BCUT2D eigenvalue weighted by molar-refractivity contribution is 5.11. The summed E-state index contributed by atoms with van der Waals surface area (Å²) in [4.78, 5) is 0. The lowest BCUT2D eigenvalue weighted by Crippen LogP contribution is -2.70. The van der Waals surface area contributed by atoms with E-state index >= 15 is 0 Å². The summed E-state index contributed by atoms with van der Waals surface area (Å²) in [5.41, 5.74) is 0. The Hall–Kier alpha value is -2.08. The molecule has 0 nitrogen and oxygen atoms in total. The van der Waals surface area contributed by atoms with Gasteiger partial charge in [-0.1, -0.05) is 12.2 Å². The lowest BCUT2D eigenvalue weighted by molar-refractivity contribution is -0.440. The van der Waals surface area contributed by atoms with E-state index in [1.807, 2.05) is 0 Å². The molecule has 0 N–H and O–H groups in total. The minimum atomic E-state index is -8.15. The van der Waals surface area contributed by atoms with E-state index in [0.717, 1.165) is 0 Å². The van der Waals surface area contributed by atoms with Crippen LogP contribution < -0.4 is 0 Å². The second-order valence-corrected chi connectivity index (χ2v) is 9.26. The molecule has 0 unspecified atom stereocenters. The van der Waals surface area contributed by atoms with Gasteiger partial charge in [-0.05, 0) is 25.7 Å². The summed E-state index contributed by atoms with van der Waals surface area (Å²) in [7, 11) is 0. The van der Waals surface area contributed by atoms with E-state index in [1.165, 1.54) is 0 Å². The highest BCUT2D eigenvalue weighted by atomic mass is 19.4. The van der Waals surface area contributed by atoms with E-state index in [4.69, 9.17) is 0 Å². The fraction of sp³-hybridized carbons (Fsp3) is 0.900. The van der Waals surface area contributed by atoms with E-state index in [-0.39, 0.29) is 0 Å². The fourth-order valence-corrected chi connectivity index (χ4v) is 3.04.